The number of halogens is 2. The summed E-state index contributed by atoms with van der Waals surface area (Å²) < 4.78 is 0. The molecular weight excluding hydrogens is 373 g/mol. The lowest BCUT2D eigenvalue weighted by Gasteiger charge is -2.36. The van der Waals surface area contributed by atoms with Crippen LogP contribution in [0.4, 0.5) is 5.69 Å². The minimum Gasteiger partial charge on any atom is -0.346 e. The molecule has 0 saturated carbocycles. The maximum atomic E-state index is 6.28. The second-order valence-electron chi connectivity index (χ2n) is 6.26. The van der Waals surface area contributed by atoms with Crippen LogP contribution in [0.15, 0.2) is 42.5 Å². The molecule has 1 saturated heterocycles. The van der Waals surface area contributed by atoms with Crippen molar-refractivity contribution in [2.45, 2.75) is 13.5 Å². The number of hydrogen-bond acceptors (Lipinski definition) is 2. The molecule has 1 N–H and O–H groups in total. The third kappa shape index (κ3) is 4.85. The Balaban J connectivity index is 1.54. The molecule has 1 fully saturated rings. The molecule has 25 heavy (non-hydrogen) atoms. The zero-order valence-electron chi connectivity index (χ0n) is 14.1. The van der Waals surface area contributed by atoms with Crippen LogP contribution in [0.2, 0.25) is 10.0 Å². The standard InChI is InChI=1S/C19H21Cl2N3S/c1-14-4-2-5-15(12-14)22-19(25)24-10-8-23(9-11-24)13-16-17(20)6-3-7-18(16)21/h2-7,12H,8-11,13H2,1H3,(H,22,25). The Morgan fingerprint density at radius 1 is 1.04 bits per heavy atom. The van der Waals surface area contributed by atoms with Gasteiger partial charge in [-0.3, -0.25) is 4.90 Å². The van der Waals surface area contributed by atoms with E-state index in [1.807, 2.05) is 30.3 Å². The van der Waals surface area contributed by atoms with Crippen LogP contribution in [0.3, 0.4) is 0 Å². The molecule has 0 amide bonds. The summed E-state index contributed by atoms with van der Waals surface area (Å²) in [6, 6.07) is 13.9. The molecule has 0 spiro atoms. The van der Waals surface area contributed by atoms with Crippen LogP contribution >= 0.6 is 35.4 Å². The number of rotatable bonds is 3. The smallest absolute Gasteiger partial charge is 0.173 e. The molecule has 0 unspecified atom stereocenters. The summed E-state index contributed by atoms with van der Waals surface area (Å²) in [5.74, 6) is 0. The predicted octanol–water partition coefficient (Wildman–Crippen LogP) is 4.82. The molecule has 0 bridgehead atoms. The topological polar surface area (TPSA) is 18.5 Å². The second kappa shape index (κ2) is 8.37. The van der Waals surface area contributed by atoms with Gasteiger partial charge < -0.3 is 10.2 Å². The Bertz CT molecular complexity index is 738. The van der Waals surface area contributed by atoms with Gasteiger partial charge in [-0.05, 0) is 49.0 Å². The highest BCUT2D eigenvalue weighted by molar-refractivity contribution is 7.80. The van der Waals surface area contributed by atoms with Crippen LogP contribution in [-0.2, 0) is 6.54 Å². The zero-order chi connectivity index (χ0) is 17.8. The lowest BCUT2D eigenvalue weighted by molar-refractivity contribution is 0.177. The monoisotopic (exact) mass is 393 g/mol. The molecule has 0 radical (unpaired) electrons. The van der Waals surface area contributed by atoms with Crippen LogP contribution in [0.1, 0.15) is 11.1 Å². The quantitative estimate of drug-likeness (QED) is 0.753. The van der Waals surface area contributed by atoms with Crippen molar-refractivity contribution in [3.05, 3.63) is 63.6 Å². The van der Waals surface area contributed by atoms with Gasteiger partial charge in [-0.1, -0.05) is 41.4 Å². The van der Waals surface area contributed by atoms with Gasteiger partial charge in [0.2, 0.25) is 0 Å². The number of nitrogens with one attached hydrogen (secondary N) is 1. The van der Waals surface area contributed by atoms with E-state index in [-0.39, 0.29) is 0 Å². The molecular formula is C19H21Cl2N3S. The van der Waals surface area contributed by atoms with Crippen molar-refractivity contribution >= 4 is 46.2 Å². The summed E-state index contributed by atoms with van der Waals surface area (Å²) in [6.45, 7) is 6.48. The number of aryl methyl sites for hydroxylation is 1. The van der Waals surface area contributed by atoms with Gasteiger partial charge in [0.1, 0.15) is 0 Å². The van der Waals surface area contributed by atoms with Gasteiger partial charge in [-0.25, -0.2) is 0 Å². The van der Waals surface area contributed by atoms with Gasteiger partial charge in [0, 0.05) is 54.0 Å². The highest BCUT2D eigenvalue weighted by Crippen LogP contribution is 2.26. The molecule has 1 heterocycles. The molecule has 0 aliphatic carbocycles. The first kappa shape index (κ1) is 18.5. The van der Waals surface area contributed by atoms with E-state index in [1.54, 1.807) is 0 Å². The fourth-order valence-electron chi connectivity index (χ4n) is 2.94. The molecule has 0 atom stereocenters. The zero-order valence-corrected chi connectivity index (χ0v) is 16.5. The minimum atomic E-state index is 0.728. The van der Waals surface area contributed by atoms with Gasteiger partial charge in [0.25, 0.3) is 0 Å². The molecule has 1 aliphatic rings. The largest absolute Gasteiger partial charge is 0.346 e. The van der Waals surface area contributed by atoms with Crippen LogP contribution < -0.4 is 5.32 Å². The number of nitrogens with zero attached hydrogens (tertiary/aromatic N) is 2. The average Bonchev–Trinajstić information content (AvgIpc) is 2.59. The first-order valence-corrected chi connectivity index (χ1v) is 9.47. The van der Waals surface area contributed by atoms with Crippen molar-refractivity contribution < 1.29 is 0 Å². The third-order valence-electron chi connectivity index (χ3n) is 4.37. The summed E-state index contributed by atoms with van der Waals surface area (Å²) in [5, 5.41) is 5.57. The Kier molecular flexibility index (Phi) is 6.18. The van der Waals surface area contributed by atoms with Gasteiger partial charge in [-0.15, -0.1) is 0 Å². The van der Waals surface area contributed by atoms with Crippen LogP contribution in [0, 0.1) is 6.92 Å². The van der Waals surface area contributed by atoms with Crippen molar-refractivity contribution in [3.63, 3.8) is 0 Å². The minimum absolute atomic E-state index is 0.728. The molecule has 2 aromatic carbocycles. The lowest BCUT2D eigenvalue weighted by atomic mass is 10.2. The molecule has 132 valence electrons. The lowest BCUT2D eigenvalue weighted by Crippen LogP contribution is -2.49. The SMILES string of the molecule is Cc1cccc(NC(=S)N2CCN(Cc3c(Cl)cccc3Cl)CC2)c1. The highest BCUT2D eigenvalue weighted by atomic mass is 35.5. The van der Waals surface area contributed by atoms with E-state index in [2.05, 4.69) is 34.2 Å². The van der Waals surface area contributed by atoms with Crippen molar-refractivity contribution in [1.29, 1.82) is 0 Å². The van der Waals surface area contributed by atoms with Crippen molar-refractivity contribution in [3.8, 4) is 0 Å². The van der Waals surface area contributed by atoms with Gasteiger partial charge in [0.15, 0.2) is 5.11 Å². The van der Waals surface area contributed by atoms with Crippen molar-refractivity contribution in [1.82, 2.24) is 9.80 Å². The molecule has 2 aromatic rings. The van der Waals surface area contributed by atoms with E-state index >= 15 is 0 Å². The highest BCUT2D eigenvalue weighted by Gasteiger charge is 2.20. The number of anilines is 1. The fourth-order valence-corrected chi connectivity index (χ4v) is 3.76. The normalized spacial score (nSPS) is 15.2. The van der Waals surface area contributed by atoms with E-state index in [0.717, 1.165) is 59.1 Å². The molecule has 6 heteroatoms. The van der Waals surface area contributed by atoms with E-state index in [0.29, 0.717) is 0 Å². The summed E-state index contributed by atoms with van der Waals surface area (Å²) in [5.41, 5.74) is 3.25. The maximum absolute atomic E-state index is 6.28. The van der Waals surface area contributed by atoms with Crippen LogP contribution in [0.5, 0.6) is 0 Å². The van der Waals surface area contributed by atoms with E-state index < -0.39 is 0 Å². The number of thiocarbonyl (C=S) groups is 1. The number of benzene rings is 2. The first-order chi connectivity index (χ1) is 12.0. The number of piperazine rings is 1. The molecule has 0 aromatic heterocycles. The summed E-state index contributed by atoms with van der Waals surface area (Å²) >= 11 is 18.1. The van der Waals surface area contributed by atoms with Crippen LogP contribution in [-0.4, -0.2) is 41.1 Å². The van der Waals surface area contributed by atoms with Gasteiger partial charge in [0.05, 0.1) is 0 Å². The molecule has 1 aliphatic heterocycles. The van der Waals surface area contributed by atoms with Crippen LogP contribution in [0.25, 0.3) is 0 Å². The van der Waals surface area contributed by atoms with Crippen molar-refractivity contribution in [2.75, 3.05) is 31.5 Å². The Morgan fingerprint density at radius 3 is 2.32 bits per heavy atom. The Hall–Kier alpha value is -1.33. The fraction of sp³-hybridized carbons (Fsp3) is 0.316. The maximum Gasteiger partial charge on any atom is 0.173 e. The summed E-state index contributed by atoms with van der Waals surface area (Å²) in [4.78, 5) is 4.57. The van der Waals surface area contributed by atoms with E-state index in [9.17, 15) is 0 Å². The van der Waals surface area contributed by atoms with Gasteiger partial charge in [-0.2, -0.15) is 0 Å². The van der Waals surface area contributed by atoms with E-state index in [1.165, 1.54) is 5.56 Å². The van der Waals surface area contributed by atoms with Gasteiger partial charge >= 0.3 is 0 Å². The number of hydrogen-bond donors (Lipinski definition) is 1. The van der Waals surface area contributed by atoms with Crippen molar-refractivity contribution in [2.24, 2.45) is 0 Å². The Labute approximate surface area is 164 Å². The second-order valence-corrected chi connectivity index (χ2v) is 7.46. The first-order valence-electron chi connectivity index (χ1n) is 8.31. The summed E-state index contributed by atoms with van der Waals surface area (Å²) in [6.07, 6.45) is 0. The van der Waals surface area contributed by atoms with E-state index in [4.69, 9.17) is 35.4 Å². The average molecular weight is 394 g/mol. The third-order valence-corrected chi connectivity index (χ3v) is 5.44. The predicted molar refractivity (Wildman–Crippen MR) is 111 cm³/mol. The summed E-state index contributed by atoms with van der Waals surface area (Å²) in [7, 11) is 0. The Morgan fingerprint density at radius 2 is 1.68 bits per heavy atom. The molecule has 3 rings (SSSR count). The molecule has 3 nitrogen and oxygen atoms in total.